The summed E-state index contributed by atoms with van der Waals surface area (Å²) in [6.45, 7) is 5.69. The molecule has 0 radical (unpaired) electrons. The first-order valence-corrected chi connectivity index (χ1v) is 8.10. The molecule has 0 fully saturated rings. The van der Waals surface area contributed by atoms with Gasteiger partial charge >= 0.3 is 5.97 Å². The van der Waals surface area contributed by atoms with Crippen molar-refractivity contribution in [3.8, 4) is 0 Å². The van der Waals surface area contributed by atoms with Crippen LogP contribution < -0.4 is 4.72 Å². The van der Waals surface area contributed by atoms with Crippen molar-refractivity contribution < 1.29 is 18.3 Å². The second-order valence-electron chi connectivity index (χ2n) is 4.83. The summed E-state index contributed by atoms with van der Waals surface area (Å²) < 4.78 is 27.2. The normalized spacial score (nSPS) is 13.4. The van der Waals surface area contributed by atoms with Gasteiger partial charge in [0.2, 0.25) is 10.0 Å². The number of carbonyl (C=O) groups is 1. The van der Waals surface area contributed by atoms with Crippen LogP contribution >= 0.6 is 11.6 Å². The number of nitrogens with one attached hydrogen (secondary N) is 1. The number of benzene rings is 1. The zero-order valence-electron chi connectivity index (χ0n) is 11.6. The van der Waals surface area contributed by atoms with Gasteiger partial charge in [0.1, 0.15) is 4.90 Å². The standard InChI is InChI=1S/C13H18ClNO4S/c1-4-11(8(2)3)15-20(18,19)12-7-9(13(16)17)5-6-10(12)14/h5-8,11,15H,4H2,1-3H3,(H,16,17). The maximum atomic E-state index is 12.3. The Morgan fingerprint density at radius 1 is 1.40 bits per heavy atom. The summed E-state index contributed by atoms with van der Waals surface area (Å²) in [4.78, 5) is 10.7. The maximum absolute atomic E-state index is 12.3. The largest absolute Gasteiger partial charge is 0.478 e. The van der Waals surface area contributed by atoms with Crippen LogP contribution in [0.3, 0.4) is 0 Å². The molecule has 0 saturated heterocycles. The minimum atomic E-state index is -3.85. The predicted octanol–water partition coefficient (Wildman–Crippen LogP) is 2.75. The summed E-state index contributed by atoms with van der Waals surface area (Å²) in [5, 5.41) is 8.92. The maximum Gasteiger partial charge on any atom is 0.335 e. The van der Waals surface area contributed by atoms with Gasteiger partial charge in [-0.25, -0.2) is 17.9 Å². The van der Waals surface area contributed by atoms with Crippen molar-refractivity contribution in [1.29, 1.82) is 0 Å². The third-order valence-electron chi connectivity index (χ3n) is 3.02. The average molecular weight is 320 g/mol. The lowest BCUT2D eigenvalue weighted by atomic mass is 10.0. The highest BCUT2D eigenvalue weighted by Gasteiger charge is 2.24. The van der Waals surface area contributed by atoms with E-state index in [1.165, 1.54) is 12.1 Å². The molecule has 5 nitrogen and oxygen atoms in total. The van der Waals surface area contributed by atoms with Gasteiger partial charge < -0.3 is 5.11 Å². The van der Waals surface area contributed by atoms with E-state index in [0.717, 1.165) is 6.07 Å². The number of aromatic carboxylic acids is 1. The molecule has 0 aliphatic carbocycles. The monoisotopic (exact) mass is 319 g/mol. The van der Waals surface area contributed by atoms with Crippen LogP contribution in [0, 0.1) is 5.92 Å². The van der Waals surface area contributed by atoms with Gasteiger partial charge in [0.15, 0.2) is 0 Å². The fourth-order valence-corrected chi connectivity index (χ4v) is 3.79. The Kier molecular flexibility index (Phi) is 5.56. The van der Waals surface area contributed by atoms with Crippen molar-refractivity contribution in [3.05, 3.63) is 28.8 Å². The van der Waals surface area contributed by atoms with E-state index < -0.39 is 16.0 Å². The Morgan fingerprint density at radius 3 is 2.45 bits per heavy atom. The van der Waals surface area contributed by atoms with Crippen LogP contribution in [-0.4, -0.2) is 25.5 Å². The lowest BCUT2D eigenvalue weighted by Crippen LogP contribution is -2.38. The van der Waals surface area contributed by atoms with Gasteiger partial charge in [-0.1, -0.05) is 32.4 Å². The highest BCUT2D eigenvalue weighted by atomic mass is 35.5. The van der Waals surface area contributed by atoms with Crippen molar-refractivity contribution in [2.45, 2.75) is 38.1 Å². The van der Waals surface area contributed by atoms with E-state index in [4.69, 9.17) is 16.7 Å². The quantitative estimate of drug-likeness (QED) is 0.844. The molecule has 0 aliphatic heterocycles. The summed E-state index contributed by atoms with van der Waals surface area (Å²) in [5.74, 6) is -1.08. The van der Waals surface area contributed by atoms with Crippen LogP contribution in [0.5, 0.6) is 0 Å². The first-order chi connectivity index (χ1) is 9.19. The Balaban J connectivity index is 3.21. The van der Waals surface area contributed by atoms with Crippen LogP contribution in [-0.2, 0) is 10.0 Å². The van der Waals surface area contributed by atoms with E-state index in [1.807, 2.05) is 20.8 Å². The first-order valence-electron chi connectivity index (χ1n) is 6.24. The van der Waals surface area contributed by atoms with Crippen LogP contribution in [0.15, 0.2) is 23.1 Å². The summed E-state index contributed by atoms with van der Waals surface area (Å²) in [6.07, 6.45) is 0.632. The number of halogens is 1. The number of carboxylic acid groups (broad SMARTS) is 1. The fourth-order valence-electron chi connectivity index (χ4n) is 1.80. The molecule has 0 bridgehead atoms. The first kappa shape index (κ1) is 16.9. The molecule has 1 unspecified atom stereocenters. The molecule has 20 heavy (non-hydrogen) atoms. The van der Waals surface area contributed by atoms with Gasteiger partial charge in [-0.2, -0.15) is 0 Å². The Morgan fingerprint density at radius 2 is 2.00 bits per heavy atom. The minimum absolute atomic E-state index is 0.00103. The molecule has 0 amide bonds. The minimum Gasteiger partial charge on any atom is -0.478 e. The predicted molar refractivity (Wildman–Crippen MR) is 77.6 cm³/mol. The van der Waals surface area contributed by atoms with Gasteiger partial charge in [-0.3, -0.25) is 0 Å². The summed E-state index contributed by atoms with van der Waals surface area (Å²) in [7, 11) is -3.85. The van der Waals surface area contributed by atoms with Crippen molar-refractivity contribution in [1.82, 2.24) is 4.72 Å². The third kappa shape index (κ3) is 3.94. The van der Waals surface area contributed by atoms with Gasteiger partial charge in [0.05, 0.1) is 10.6 Å². The molecule has 1 rings (SSSR count). The summed E-state index contributed by atoms with van der Waals surface area (Å²) in [6, 6.07) is 3.38. The number of carboxylic acids is 1. The smallest absolute Gasteiger partial charge is 0.335 e. The van der Waals surface area contributed by atoms with Crippen molar-refractivity contribution in [2.24, 2.45) is 5.92 Å². The van der Waals surface area contributed by atoms with E-state index in [1.54, 1.807) is 0 Å². The highest BCUT2D eigenvalue weighted by Crippen LogP contribution is 2.23. The molecule has 1 aromatic rings. The number of rotatable bonds is 6. The average Bonchev–Trinajstić information content (AvgIpc) is 2.35. The molecule has 0 spiro atoms. The summed E-state index contributed by atoms with van der Waals surface area (Å²) >= 11 is 5.88. The Labute approximate surface area is 124 Å². The van der Waals surface area contributed by atoms with Crippen LogP contribution in [0.25, 0.3) is 0 Å². The number of hydrogen-bond donors (Lipinski definition) is 2. The molecular formula is C13H18ClNO4S. The SMILES string of the molecule is CCC(NS(=O)(=O)c1cc(C(=O)O)ccc1Cl)C(C)C. The van der Waals surface area contributed by atoms with Gasteiger partial charge in [0.25, 0.3) is 0 Å². The van der Waals surface area contributed by atoms with Crippen LogP contribution in [0.1, 0.15) is 37.6 Å². The van der Waals surface area contributed by atoms with E-state index in [2.05, 4.69) is 4.72 Å². The van der Waals surface area contributed by atoms with Crippen molar-refractivity contribution in [2.75, 3.05) is 0 Å². The second-order valence-corrected chi connectivity index (χ2v) is 6.92. The van der Waals surface area contributed by atoms with E-state index in [0.29, 0.717) is 6.42 Å². The molecule has 1 atom stereocenters. The van der Waals surface area contributed by atoms with Gasteiger partial charge in [0, 0.05) is 6.04 Å². The Hall–Kier alpha value is -1.11. The van der Waals surface area contributed by atoms with Gasteiger partial charge in [-0.05, 0) is 30.5 Å². The van der Waals surface area contributed by atoms with E-state index in [-0.39, 0.29) is 27.4 Å². The van der Waals surface area contributed by atoms with E-state index >= 15 is 0 Å². The van der Waals surface area contributed by atoms with Crippen LogP contribution in [0.4, 0.5) is 0 Å². The highest BCUT2D eigenvalue weighted by molar-refractivity contribution is 7.89. The van der Waals surface area contributed by atoms with Gasteiger partial charge in [-0.15, -0.1) is 0 Å². The zero-order valence-corrected chi connectivity index (χ0v) is 13.1. The molecule has 0 aromatic heterocycles. The number of sulfonamides is 1. The third-order valence-corrected chi connectivity index (χ3v) is 4.99. The Bertz CT molecular complexity index is 598. The zero-order chi connectivity index (χ0) is 15.5. The molecule has 2 N–H and O–H groups in total. The molecular weight excluding hydrogens is 302 g/mol. The van der Waals surface area contributed by atoms with Crippen molar-refractivity contribution >= 4 is 27.6 Å². The lowest BCUT2D eigenvalue weighted by molar-refractivity contribution is 0.0696. The second kappa shape index (κ2) is 6.56. The van der Waals surface area contributed by atoms with E-state index in [9.17, 15) is 13.2 Å². The van der Waals surface area contributed by atoms with Crippen molar-refractivity contribution in [3.63, 3.8) is 0 Å². The molecule has 112 valence electrons. The summed E-state index contributed by atoms with van der Waals surface area (Å²) in [5.41, 5.74) is -0.118. The fraction of sp³-hybridized carbons (Fsp3) is 0.462. The molecule has 1 aromatic carbocycles. The topological polar surface area (TPSA) is 83.5 Å². The number of hydrogen-bond acceptors (Lipinski definition) is 3. The van der Waals surface area contributed by atoms with Crippen LogP contribution in [0.2, 0.25) is 5.02 Å². The molecule has 0 aliphatic rings. The molecule has 0 heterocycles. The lowest BCUT2D eigenvalue weighted by Gasteiger charge is -2.21. The molecule has 7 heteroatoms. The molecule has 0 saturated carbocycles.